The first-order valence-electron chi connectivity index (χ1n) is 10.3. The topological polar surface area (TPSA) is 102 Å². The van der Waals surface area contributed by atoms with E-state index < -0.39 is 0 Å². The molecule has 0 aliphatic carbocycles. The second kappa shape index (κ2) is 11.0. The molecule has 8 nitrogen and oxygen atoms in total. The van der Waals surface area contributed by atoms with Gasteiger partial charge < -0.3 is 20.1 Å². The molecule has 2 amide bonds. The fourth-order valence-corrected chi connectivity index (χ4v) is 4.87. The summed E-state index contributed by atoms with van der Waals surface area (Å²) in [6, 6.07) is 19.0. The third kappa shape index (κ3) is 5.83. The molecule has 0 fully saturated rings. The molecule has 0 radical (unpaired) electrons. The van der Waals surface area contributed by atoms with Crippen LogP contribution in [0.2, 0.25) is 0 Å². The van der Waals surface area contributed by atoms with Gasteiger partial charge in [-0.25, -0.2) is 0 Å². The molecule has 10 heteroatoms. The van der Waals surface area contributed by atoms with E-state index in [0.29, 0.717) is 21.0 Å². The maximum absolute atomic E-state index is 12.5. The van der Waals surface area contributed by atoms with Crippen molar-refractivity contribution in [1.29, 1.82) is 0 Å². The van der Waals surface area contributed by atoms with Crippen molar-refractivity contribution >= 4 is 56.5 Å². The highest BCUT2D eigenvalue weighted by atomic mass is 32.2. The summed E-state index contributed by atoms with van der Waals surface area (Å²) in [6.07, 6.45) is 0.149. The Bertz CT molecular complexity index is 1320. The van der Waals surface area contributed by atoms with Crippen molar-refractivity contribution in [2.24, 2.45) is 0 Å². The minimum Gasteiger partial charge on any atom is -0.493 e. The van der Waals surface area contributed by atoms with Crippen LogP contribution in [-0.2, 0) is 16.0 Å². The van der Waals surface area contributed by atoms with Crippen LogP contribution in [0.5, 0.6) is 11.5 Å². The maximum Gasteiger partial charge on any atom is 0.234 e. The average molecular weight is 495 g/mol. The fraction of sp³-hybridized carbons (Fsp3) is 0.167. The number of ether oxygens (including phenoxy) is 2. The minimum absolute atomic E-state index is 0.143. The Morgan fingerprint density at radius 1 is 0.912 bits per heavy atom. The van der Waals surface area contributed by atoms with Gasteiger partial charge in [-0.15, -0.1) is 10.2 Å². The molecule has 0 aliphatic rings. The number of carbonyl (C=O) groups is 2. The van der Waals surface area contributed by atoms with Gasteiger partial charge in [-0.2, -0.15) is 0 Å². The van der Waals surface area contributed by atoms with Crippen molar-refractivity contribution in [2.45, 2.75) is 10.8 Å². The van der Waals surface area contributed by atoms with E-state index >= 15 is 0 Å². The Labute approximate surface area is 204 Å². The summed E-state index contributed by atoms with van der Waals surface area (Å²) in [4.78, 5) is 24.9. The van der Waals surface area contributed by atoms with Crippen molar-refractivity contribution in [1.82, 2.24) is 10.2 Å². The first-order chi connectivity index (χ1) is 16.6. The lowest BCUT2D eigenvalue weighted by Crippen LogP contribution is -2.14. The van der Waals surface area contributed by atoms with E-state index in [1.807, 2.05) is 42.5 Å². The van der Waals surface area contributed by atoms with Crippen LogP contribution in [0.1, 0.15) is 5.56 Å². The molecule has 1 heterocycles. The van der Waals surface area contributed by atoms with E-state index in [9.17, 15) is 9.59 Å². The van der Waals surface area contributed by atoms with E-state index in [2.05, 4.69) is 20.8 Å². The van der Waals surface area contributed by atoms with Crippen LogP contribution in [-0.4, -0.2) is 42.0 Å². The maximum atomic E-state index is 12.5. The molecular weight excluding hydrogens is 472 g/mol. The van der Waals surface area contributed by atoms with Crippen molar-refractivity contribution in [2.75, 3.05) is 30.6 Å². The smallest absolute Gasteiger partial charge is 0.234 e. The predicted molar refractivity (Wildman–Crippen MR) is 135 cm³/mol. The van der Waals surface area contributed by atoms with E-state index in [-0.39, 0.29) is 24.0 Å². The van der Waals surface area contributed by atoms with Gasteiger partial charge in [-0.3, -0.25) is 9.59 Å². The first-order valence-corrected chi connectivity index (χ1v) is 12.1. The number of aromatic nitrogens is 2. The number of amides is 2. The van der Waals surface area contributed by atoms with Gasteiger partial charge in [-0.05, 0) is 29.1 Å². The van der Waals surface area contributed by atoms with Crippen molar-refractivity contribution in [3.63, 3.8) is 0 Å². The molecule has 3 aromatic carbocycles. The van der Waals surface area contributed by atoms with Crippen LogP contribution >= 0.6 is 23.1 Å². The quantitative estimate of drug-likeness (QED) is 0.259. The number of hydrogen-bond donors (Lipinski definition) is 2. The Kier molecular flexibility index (Phi) is 7.61. The lowest BCUT2D eigenvalue weighted by atomic mass is 10.1. The molecular formula is C24H22N4O4S2. The standard InChI is InChI=1S/C24H22N4O4S2/c1-31-19-11-10-15(12-20(19)32-2)13-21(29)26-23-27-28-24(34-23)33-14-22(30)25-18-9-5-7-16-6-3-4-8-17(16)18/h3-12H,13-14H2,1-2H3,(H,25,30)(H,26,27,29). The van der Waals surface area contributed by atoms with Crippen LogP contribution in [0.15, 0.2) is 65.0 Å². The Morgan fingerprint density at radius 2 is 1.71 bits per heavy atom. The predicted octanol–water partition coefficient (Wildman–Crippen LogP) is 4.62. The van der Waals surface area contributed by atoms with Crippen LogP contribution < -0.4 is 20.1 Å². The summed E-state index contributed by atoms with van der Waals surface area (Å²) in [5, 5.41) is 16.2. The van der Waals surface area contributed by atoms with E-state index in [1.165, 1.54) is 23.1 Å². The second-order valence-electron chi connectivity index (χ2n) is 7.15. The number of hydrogen-bond acceptors (Lipinski definition) is 8. The Hall–Kier alpha value is -3.63. The van der Waals surface area contributed by atoms with Crippen LogP contribution in [0, 0.1) is 0 Å². The zero-order valence-electron chi connectivity index (χ0n) is 18.5. The van der Waals surface area contributed by atoms with Gasteiger partial charge in [0, 0.05) is 11.1 Å². The lowest BCUT2D eigenvalue weighted by molar-refractivity contribution is -0.115. The molecule has 1 aromatic heterocycles. The zero-order chi connectivity index (χ0) is 23.9. The molecule has 0 bridgehead atoms. The van der Waals surface area contributed by atoms with Gasteiger partial charge in [0.2, 0.25) is 16.9 Å². The molecule has 0 saturated heterocycles. The molecule has 4 rings (SSSR count). The van der Waals surface area contributed by atoms with Crippen LogP contribution in [0.4, 0.5) is 10.8 Å². The van der Waals surface area contributed by atoms with E-state index in [0.717, 1.165) is 22.0 Å². The largest absolute Gasteiger partial charge is 0.493 e. The lowest BCUT2D eigenvalue weighted by Gasteiger charge is -2.09. The molecule has 174 valence electrons. The summed E-state index contributed by atoms with van der Waals surface area (Å²) in [6.45, 7) is 0. The Balaban J connectivity index is 1.29. The Morgan fingerprint density at radius 3 is 2.53 bits per heavy atom. The van der Waals surface area contributed by atoms with Crippen LogP contribution in [0.25, 0.3) is 10.8 Å². The van der Waals surface area contributed by atoms with Crippen LogP contribution in [0.3, 0.4) is 0 Å². The minimum atomic E-state index is -0.228. The van der Waals surface area contributed by atoms with Gasteiger partial charge in [0.1, 0.15) is 0 Å². The van der Waals surface area contributed by atoms with Gasteiger partial charge >= 0.3 is 0 Å². The van der Waals surface area contributed by atoms with Crippen molar-refractivity contribution < 1.29 is 19.1 Å². The third-order valence-corrected chi connectivity index (χ3v) is 6.83. The number of nitrogens with zero attached hydrogens (tertiary/aromatic N) is 2. The van der Waals surface area contributed by atoms with E-state index in [4.69, 9.17) is 9.47 Å². The molecule has 2 N–H and O–H groups in total. The molecule has 34 heavy (non-hydrogen) atoms. The van der Waals surface area contributed by atoms with E-state index in [1.54, 1.807) is 32.4 Å². The number of methoxy groups -OCH3 is 2. The molecule has 0 aliphatic heterocycles. The van der Waals surface area contributed by atoms with Crippen molar-refractivity contribution in [3.8, 4) is 11.5 Å². The summed E-state index contributed by atoms with van der Waals surface area (Å²) in [5.74, 6) is 0.965. The van der Waals surface area contributed by atoms with Crippen molar-refractivity contribution in [3.05, 3.63) is 66.2 Å². The number of nitrogens with one attached hydrogen (secondary N) is 2. The summed E-state index contributed by atoms with van der Waals surface area (Å²) in [5.41, 5.74) is 1.54. The number of anilines is 2. The number of fused-ring (bicyclic) bond motifs is 1. The first kappa shape index (κ1) is 23.5. The molecule has 0 saturated carbocycles. The monoisotopic (exact) mass is 494 g/mol. The second-order valence-corrected chi connectivity index (χ2v) is 9.35. The summed E-state index contributed by atoms with van der Waals surface area (Å²) in [7, 11) is 3.10. The summed E-state index contributed by atoms with van der Waals surface area (Å²) < 4.78 is 11.1. The number of thioether (sulfide) groups is 1. The SMILES string of the molecule is COc1ccc(CC(=O)Nc2nnc(SCC(=O)Nc3cccc4ccccc34)s2)cc1OC. The number of carbonyl (C=O) groups excluding carboxylic acids is 2. The number of rotatable bonds is 9. The van der Waals surface area contributed by atoms with Gasteiger partial charge in [0.25, 0.3) is 0 Å². The third-order valence-electron chi connectivity index (χ3n) is 4.86. The van der Waals surface area contributed by atoms with Gasteiger partial charge in [0.15, 0.2) is 15.8 Å². The zero-order valence-corrected chi connectivity index (χ0v) is 20.2. The molecule has 0 spiro atoms. The van der Waals surface area contributed by atoms with Gasteiger partial charge in [-0.1, -0.05) is 65.6 Å². The number of benzene rings is 3. The molecule has 4 aromatic rings. The molecule has 0 unspecified atom stereocenters. The highest BCUT2D eigenvalue weighted by Gasteiger charge is 2.13. The molecule has 0 atom stereocenters. The summed E-state index contributed by atoms with van der Waals surface area (Å²) >= 11 is 2.49. The highest BCUT2D eigenvalue weighted by molar-refractivity contribution is 8.01. The average Bonchev–Trinajstić information content (AvgIpc) is 3.30. The van der Waals surface area contributed by atoms with Gasteiger partial charge in [0.05, 0.1) is 26.4 Å². The normalized spacial score (nSPS) is 10.6. The highest BCUT2D eigenvalue weighted by Crippen LogP contribution is 2.29. The fourth-order valence-electron chi connectivity index (χ4n) is 3.31.